The molecule has 1 aliphatic rings. The topological polar surface area (TPSA) is 67.9 Å². The zero-order valence-electron chi connectivity index (χ0n) is 17.5. The van der Waals surface area contributed by atoms with Gasteiger partial charge in [-0.15, -0.1) is 0 Å². The van der Waals surface area contributed by atoms with Crippen molar-refractivity contribution in [2.45, 2.75) is 13.3 Å². The van der Waals surface area contributed by atoms with Crippen molar-refractivity contribution in [3.05, 3.63) is 78.4 Å². The summed E-state index contributed by atoms with van der Waals surface area (Å²) in [6.45, 7) is 2.35. The second kappa shape index (κ2) is 8.92. The monoisotopic (exact) mass is 416 g/mol. The predicted octanol–water partition coefficient (Wildman–Crippen LogP) is 4.79. The maximum Gasteiger partial charge on any atom is 0.229 e. The van der Waals surface area contributed by atoms with Crippen molar-refractivity contribution in [3.8, 4) is 17.2 Å². The van der Waals surface area contributed by atoms with E-state index in [0.29, 0.717) is 23.7 Å². The molecule has 0 bridgehead atoms. The lowest BCUT2D eigenvalue weighted by Crippen LogP contribution is -2.28. The van der Waals surface area contributed by atoms with Crippen molar-refractivity contribution in [2.75, 3.05) is 23.9 Å². The maximum atomic E-state index is 12.7. The molecule has 1 fully saturated rings. The summed E-state index contributed by atoms with van der Waals surface area (Å²) >= 11 is 0. The molecule has 0 spiro atoms. The van der Waals surface area contributed by atoms with Crippen molar-refractivity contribution in [1.82, 2.24) is 0 Å². The Labute approximate surface area is 181 Å². The number of carbonyl (C=O) groups is 2. The van der Waals surface area contributed by atoms with Crippen LogP contribution in [-0.4, -0.2) is 25.5 Å². The van der Waals surface area contributed by atoms with Crippen molar-refractivity contribution >= 4 is 23.2 Å². The van der Waals surface area contributed by atoms with Crippen LogP contribution in [0.3, 0.4) is 0 Å². The van der Waals surface area contributed by atoms with Crippen molar-refractivity contribution < 1.29 is 19.1 Å². The van der Waals surface area contributed by atoms with Crippen LogP contribution >= 0.6 is 0 Å². The largest absolute Gasteiger partial charge is 0.497 e. The van der Waals surface area contributed by atoms with Gasteiger partial charge in [0.05, 0.1) is 13.0 Å². The van der Waals surface area contributed by atoms with E-state index in [1.54, 1.807) is 42.3 Å². The molecule has 6 nitrogen and oxygen atoms in total. The van der Waals surface area contributed by atoms with Gasteiger partial charge in [0, 0.05) is 30.4 Å². The van der Waals surface area contributed by atoms with Gasteiger partial charge in [0.1, 0.15) is 17.2 Å². The van der Waals surface area contributed by atoms with Crippen LogP contribution in [0.4, 0.5) is 11.4 Å². The SMILES string of the molecule is COc1cccc(N2C[C@@H](C(=O)Nc3ccc(Oc4cccc(C)c4)cc3)CC2=O)c1. The van der Waals surface area contributed by atoms with E-state index in [2.05, 4.69) is 5.32 Å². The molecule has 158 valence electrons. The lowest BCUT2D eigenvalue weighted by molar-refractivity contribution is -0.122. The fourth-order valence-corrected chi connectivity index (χ4v) is 3.58. The Morgan fingerprint density at radius 3 is 2.45 bits per heavy atom. The van der Waals surface area contributed by atoms with E-state index in [4.69, 9.17) is 9.47 Å². The number of nitrogens with zero attached hydrogens (tertiary/aromatic N) is 1. The summed E-state index contributed by atoms with van der Waals surface area (Å²) in [4.78, 5) is 26.8. The van der Waals surface area contributed by atoms with Crippen molar-refractivity contribution in [3.63, 3.8) is 0 Å². The molecular weight excluding hydrogens is 392 g/mol. The van der Waals surface area contributed by atoms with Crippen LogP contribution in [-0.2, 0) is 9.59 Å². The van der Waals surface area contributed by atoms with Crippen molar-refractivity contribution in [1.29, 1.82) is 0 Å². The lowest BCUT2D eigenvalue weighted by Gasteiger charge is -2.17. The minimum atomic E-state index is -0.415. The number of hydrogen-bond acceptors (Lipinski definition) is 4. The third-order valence-electron chi connectivity index (χ3n) is 5.21. The van der Waals surface area contributed by atoms with Gasteiger partial charge < -0.3 is 19.7 Å². The highest BCUT2D eigenvalue weighted by Crippen LogP contribution is 2.29. The van der Waals surface area contributed by atoms with E-state index in [-0.39, 0.29) is 18.2 Å². The van der Waals surface area contributed by atoms with Crippen LogP contribution in [0.25, 0.3) is 0 Å². The number of benzene rings is 3. The zero-order valence-corrected chi connectivity index (χ0v) is 17.5. The smallest absolute Gasteiger partial charge is 0.229 e. The van der Waals surface area contributed by atoms with Gasteiger partial charge in [-0.2, -0.15) is 0 Å². The molecule has 1 atom stereocenters. The van der Waals surface area contributed by atoms with E-state index >= 15 is 0 Å². The molecule has 1 heterocycles. The molecule has 0 radical (unpaired) electrons. The van der Waals surface area contributed by atoms with Crippen LogP contribution in [0, 0.1) is 12.8 Å². The average molecular weight is 416 g/mol. The summed E-state index contributed by atoms with van der Waals surface area (Å²) in [5, 5.41) is 2.90. The third-order valence-corrected chi connectivity index (χ3v) is 5.21. The Balaban J connectivity index is 1.37. The number of carbonyl (C=O) groups excluding carboxylic acids is 2. The van der Waals surface area contributed by atoms with Crippen LogP contribution in [0.15, 0.2) is 72.8 Å². The van der Waals surface area contributed by atoms with Crippen LogP contribution in [0.2, 0.25) is 0 Å². The summed E-state index contributed by atoms with van der Waals surface area (Å²) in [5.41, 5.74) is 2.52. The van der Waals surface area contributed by atoms with Gasteiger partial charge in [0.2, 0.25) is 11.8 Å². The van der Waals surface area contributed by atoms with Crippen LogP contribution in [0.1, 0.15) is 12.0 Å². The van der Waals surface area contributed by atoms with E-state index in [0.717, 1.165) is 17.0 Å². The molecule has 0 unspecified atom stereocenters. The minimum absolute atomic E-state index is 0.0738. The van der Waals surface area contributed by atoms with Gasteiger partial charge in [-0.3, -0.25) is 9.59 Å². The highest BCUT2D eigenvalue weighted by atomic mass is 16.5. The summed E-state index contributed by atoms with van der Waals surface area (Å²) in [7, 11) is 1.58. The minimum Gasteiger partial charge on any atom is -0.497 e. The van der Waals surface area contributed by atoms with Gasteiger partial charge >= 0.3 is 0 Å². The highest BCUT2D eigenvalue weighted by Gasteiger charge is 2.35. The molecule has 4 rings (SSSR count). The van der Waals surface area contributed by atoms with Gasteiger partial charge in [-0.25, -0.2) is 0 Å². The Hall–Kier alpha value is -3.80. The first-order chi connectivity index (χ1) is 15.0. The van der Waals surface area contributed by atoms with E-state index in [1.807, 2.05) is 49.4 Å². The van der Waals surface area contributed by atoms with Crippen molar-refractivity contribution in [2.24, 2.45) is 5.92 Å². The van der Waals surface area contributed by atoms with E-state index in [1.165, 1.54) is 0 Å². The Morgan fingerprint density at radius 1 is 0.968 bits per heavy atom. The van der Waals surface area contributed by atoms with Gasteiger partial charge in [-0.05, 0) is 61.0 Å². The molecule has 2 amide bonds. The van der Waals surface area contributed by atoms with Gasteiger partial charge in [-0.1, -0.05) is 18.2 Å². The summed E-state index contributed by atoms with van der Waals surface area (Å²) in [6, 6.07) is 22.3. The molecule has 1 N–H and O–H groups in total. The fraction of sp³-hybridized carbons (Fsp3) is 0.200. The van der Waals surface area contributed by atoms with Crippen LogP contribution < -0.4 is 19.7 Å². The van der Waals surface area contributed by atoms with Gasteiger partial charge in [0.15, 0.2) is 0 Å². The molecular formula is C25H24N2O4. The molecule has 1 aliphatic heterocycles. The molecule has 31 heavy (non-hydrogen) atoms. The molecule has 6 heteroatoms. The molecule has 0 aliphatic carbocycles. The summed E-state index contributed by atoms with van der Waals surface area (Å²) < 4.78 is 11.1. The second-order valence-electron chi connectivity index (χ2n) is 7.54. The molecule has 3 aromatic carbocycles. The second-order valence-corrected chi connectivity index (χ2v) is 7.54. The quantitative estimate of drug-likeness (QED) is 0.628. The number of ether oxygens (including phenoxy) is 2. The number of amides is 2. The fourth-order valence-electron chi connectivity index (χ4n) is 3.58. The molecule has 0 aromatic heterocycles. The highest BCUT2D eigenvalue weighted by molar-refractivity contribution is 6.03. The number of methoxy groups -OCH3 is 1. The molecule has 1 saturated heterocycles. The first-order valence-corrected chi connectivity index (χ1v) is 10.1. The first-order valence-electron chi connectivity index (χ1n) is 10.1. The Morgan fingerprint density at radius 2 is 1.71 bits per heavy atom. The third kappa shape index (κ3) is 4.86. The first kappa shape index (κ1) is 20.5. The average Bonchev–Trinajstić information content (AvgIpc) is 3.17. The van der Waals surface area contributed by atoms with Crippen LogP contribution in [0.5, 0.6) is 17.2 Å². The number of hydrogen-bond donors (Lipinski definition) is 1. The summed E-state index contributed by atoms with van der Waals surface area (Å²) in [6.07, 6.45) is 0.178. The molecule has 0 saturated carbocycles. The number of aryl methyl sites for hydroxylation is 1. The zero-order chi connectivity index (χ0) is 21.8. The molecule has 3 aromatic rings. The summed E-state index contributed by atoms with van der Waals surface area (Å²) in [5.74, 6) is 1.46. The van der Waals surface area contributed by atoms with Gasteiger partial charge in [0.25, 0.3) is 0 Å². The number of anilines is 2. The predicted molar refractivity (Wildman–Crippen MR) is 120 cm³/mol. The standard InChI is InChI=1S/C25H24N2O4/c1-17-5-3-8-23(13-17)31-21-11-9-19(10-12-21)26-25(29)18-14-24(28)27(16-18)20-6-4-7-22(15-20)30-2/h3-13,15,18H,14,16H2,1-2H3,(H,26,29)/t18-/m0/s1. The number of nitrogens with one attached hydrogen (secondary N) is 1. The normalized spacial score (nSPS) is 15.6. The lowest BCUT2D eigenvalue weighted by atomic mass is 10.1. The van der Waals surface area contributed by atoms with E-state index < -0.39 is 5.92 Å². The van der Waals surface area contributed by atoms with E-state index in [9.17, 15) is 9.59 Å². The Kier molecular flexibility index (Phi) is 5.89. The number of rotatable bonds is 6. The maximum absolute atomic E-state index is 12.7. The Bertz CT molecular complexity index is 1090.